The van der Waals surface area contributed by atoms with E-state index < -0.39 is 0 Å². The summed E-state index contributed by atoms with van der Waals surface area (Å²) in [5, 5.41) is 11.4. The van der Waals surface area contributed by atoms with Crippen LogP contribution in [0.5, 0.6) is 0 Å². The van der Waals surface area contributed by atoms with Crippen LogP contribution in [-0.2, 0) is 0 Å². The Balaban J connectivity index is 1.94. The SMILES string of the molecule is C[C@H]1CN(C(=O)c2n[nH]c3ccc(Br)cc23)C[C@H](C)N1. The molecule has 2 heterocycles. The first kappa shape index (κ1) is 13.6. The average molecular weight is 337 g/mol. The van der Waals surface area contributed by atoms with Crippen molar-refractivity contribution in [2.75, 3.05) is 13.1 Å². The largest absolute Gasteiger partial charge is 0.334 e. The number of amides is 1. The number of benzene rings is 1. The van der Waals surface area contributed by atoms with Gasteiger partial charge < -0.3 is 10.2 Å². The second kappa shape index (κ2) is 5.18. The third-order valence-corrected chi connectivity index (χ3v) is 4.07. The van der Waals surface area contributed by atoms with E-state index in [1.54, 1.807) is 0 Å². The maximum absolute atomic E-state index is 12.7. The van der Waals surface area contributed by atoms with E-state index in [1.807, 2.05) is 23.1 Å². The van der Waals surface area contributed by atoms with Crippen LogP contribution in [0.2, 0.25) is 0 Å². The number of H-pyrrole nitrogens is 1. The molecule has 1 aromatic heterocycles. The Labute approximate surface area is 125 Å². The smallest absolute Gasteiger partial charge is 0.275 e. The van der Waals surface area contributed by atoms with Crippen molar-refractivity contribution in [2.24, 2.45) is 0 Å². The number of hydrogen-bond acceptors (Lipinski definition) is 3. The highest BCUT2D eigenvalue weighted by Gasteiger charge is 2.27. The summed E-state index contributed by atoms with van der Waals surface area (Å²) in [4.78, 5) is 14.6. The standard InChI is InChI=1S/C14H17BrN4O/c1-8-6-19(7-9(2)16-8)14(20)13-11-5-10(15)3-4-12(11)17-18-13/h3-5,8-9,16H,6-7H2,1-2H3,(H,17,18)/t8-,9-/m0/s1. The van der Waals surface area contributed by atoms with Gasteiger partial charge in [0.2, 0.25) is 0 Å². The zero-order valence-corrected chi connectivity index (χ0v) is 13.1. The van der Waals surface area contributed by atoms with Crippen molar-refractivity contribution >= 4 is 32.7 Å². The fraction of sp³-hybridized carbons (Fsp3) is 0.429. The highest BCUT2D eigenvalue weighted by atomic mass is 79.9. The van der Waals surface area contributed by atoms with Crippen LogP contribution in [0.15, 0.2) is 22.7 Å². The lowest BCUT2D eigenvalue weighted by Crippen LogP contribution is -2.55. The molecule has 5 nitrogen and oxygen atoms in total. The number of piperazine rings is 1. The number of rotatable bonds is 1. The Kier molecular flexibility index (Phi) is 3.52. The summed E-state index contributed by atoms with van der Waals surface area (Å²) >= 11 is 3.44. The molecule has 2 N–H and O–H groups in total. The van der Waals surface area contributed by atoms with E-state index in [4.69, 9.17) is 0 Å². The van der Waals surface area contributed by atoms with Gasteiger partial charge in [0, 0.05) is 35.0 Å². The van der Waals surface area contributed by atoms with Gasteiger partial charge in [-0.25, -0.2) is 0 Å². The minimum Gasteiger partial charge on any atom is -0.334 e. The first-order chi connectivity index (χ1) is 9.54. The summed E-state index contributed by atoms with van der Waals surface area (Å²) < 4.78 is 0.947. The highest BCUT2D eigenvalue weighted by molar-refractivity contribution is 9.10. The summed E-state index contributed by atoms with van der Waals surface area (Å²) in [5.41, 5.74) is 1.38. The van der Waals surface area contributed by atoms with Gasteiger partial charge in [0.25, 0.3) is 5.91 Å². The second-order valence-electron chi connectivity index (χ2n) is 5.44. The van der Waals surface area contributed by atoms with Gasteiger partial charge in [0.05, 0.1) is 5.52 Å². The van der Waals surface area contributed by atoms with Crippen LogP contribution < -0.4 is 5.32 Å². The van der Waals surface area contributed by atoms with Crippen LogP contribution in [0.3, 0.4) is 0 Å². The van der Waals surface area contributed by atoms with E-state index in [1.165, 1.54) is 0 Å². The van der Waals surface area contributed by atoms with Crippen LogP contribution in [0.4, 0.5) is 0 Å². The fourth-order valence-corrected chi connectivity index (χ4v) is 3.15. The van der Waals surface area contributed by atoms with E-state index >= 15 is 0 Å². The van der Waals surface area contributed by atoms with Crippen LogP contribution in [0.25, 0.3) is 10.9 Å². The van der Waals surface area contributed by atoms with E-state index in [0.29, 0.717) is 30.9 Å². The van der Waals surface area contributed by atoms with Gasteiger partial charge in [-0.1, -0.05) is 15.9 Å². The molecule has 0 aliphatic carbocycles. The summed E-state index contributed by atoms with van der Waals surface area (Å²) in [6.07, 6.45) is 0. The van der Waals surface area contributed by atoms with Crippen molar-refractivity contribution in [3.05, 3.63) is 28.4 Å². The first-order valence-corrected chi connectivity index (χ1v) is 7.53. The van der Waals surface area contributed by atoms with Gasteiger partial charge in [0.15, 0.2) is 5.69 Å². The van der Waals surface area contributed by atoms with Crippen molar-refractivity contribution in [1.82, 2.24) is 20.4 Å². The lowest BCUT2D eigenvalue weighted by atomic mass is 10.1. The van der Waals surface area contributed by atoms with Crippen LogP contribution >= 0.6 is 15.9 Å². The van der Waals surface area contributed by atoms with Crippen molar-refractivity contribution < 1.29 is 4.79 Å². The van der Waals surface area contributed by atoms with Gasteiger partial charge in [-0.3, -0.25) is 9.89 Å². The molecule has 2 atom stereocenters. The number of halogens is 1. The van der Waals surface area contributed by atoms with Crippen molar-refractivity contribution in [1.29, 1.82) is 0 Å². The van der Waals surface area contributed by atoms with Gasteiger partial charge in [-0.05, 0) is 32.0 Å². The summed E-state index contributed by atoms with van der Waals surface area (Å²) in [6, 6.07) is 6.40. The molecule has 20 heavy (non-hydrogen) atoms. The van der Waals surface area contributed by atoms with E-state index in [0.717, 1.165) is 15.4 Å². The monoisotopic (exact) mass is 336 g/mol. The minimum absolute atomic E-state index is 0.00505. The molecule has 1 aliphatic heterocycles. The molecule has 106 valence electrons. The number of aromatic amines is 1. The molecule has 0 saturated carbocycles. The zero-order chi connectivity index (χ0) is 14.3. The molecule has 0 radical (unpaired) electrons. The van der Waals surface area contributed by atoms with Gasteiger partial charge >= 0.3 is 0 Å². The van der Waals surface area contributed by atoms with Crippen molar-refractivity contribution in [3.8, 4) is 0 Å². The minimum atomic E-state index is -0.00505. The summed E-state index contributed by atoms with van der Waals surface area (Å²) in [7, 11) is 0. The number of hydrogen-bond donors (Lipinski definition) is 2. The third kappa shape index (κ3) is 2.45. The molecule has 1 fully saturated rings. The fourth-order valence-electron chi connectivity index (χ4n) is 2.79. The molecule has 6 heteroatoms. The summed E-state index contributed by atoms with van der Waals surface area (Å²) in [6.45, 7) is 5.61. The zero-order valence-electron chi connectivity index (χ0n) is 11.5. The van der Waals surface area contributed by atoms with E-state index in [2.05, 4.69) is 45.3 Å². The van der Waals surface area contributed by atoms with E-state index in [-0.39, 0.29) is 5.91 Å². The third-order valence-electron chi connectivity index (χ3n) is 3.57. The molecular formula is C14H17BrN4O. The Morgan fingerprint density at radius 3 is 2.75 bits per heavy atom. The number of fused-ring (bicyclic) bond motifs is 1. The number of carbonyl (C=O) groups is 1. The number of nitrogens with zero attached hydrogens (tertiary/aromatic N) is 2. The molecule has 3 rings (SSSR count). The van der Waals surface area contributed by atoms with Crippen LogP contribution in [0.1, 0.15) is 24.3 Å². The Morgan fingerprint density at radius 1 is 1.35 bits per heavy atom. The van der Waals surface area contributed by atoms with Crippen LogP contribution in [0, 0.1) is 0 Å². The second-order valence-corrected chi connectivity index (χ2v) is 6.36. The van der Waals surface area contributed by atoms with Crippen molar-refractivity contribution in [3.63, 3.8) is 0 Å². The van der Waals surface area contributed by atoms with Gasteiger partial charge in [0.1, 0.15) is 0 Å². The molecule has 0 spiro atoms. The molecule has 1 aromatic carbocycles. The average Bonchev–Trinajstić information content (AvgIpc) is 2.79. The number of nitrogens with one attached hydrogen (secondary N) is 2. The molecule has 1 amide bonds. The normalized spacial score (nSPS) is 23.2. The molecule has 0 unspecified atom stereocenters. The Morgan fingerprint density at radius 2 is 2.05 bits per heavy atom. The quantitative estimate of drug-likeness (QED) is 0.838. The predicted octanol–water partition coefficient (Wildman–Crippen LogP) is 2.15. The van der Waals surface area contributed by atoms with E-state index in [9.17, 15) is 4.79 Å². The lowest BCUT2D eigenvalue weighted by Gasteiger charge is -2.35. The molecular weight excluding hydrogens is 320 g/mol. The molecule has 1 saturated heterocycles. The topological polar surface area (TPSA) is 61.0 Å². The maximum Gasteiger partial charge on any atom is 0.275 e. The summed E-state index contributed by atoms with van der Waals surface area (Å²) in [5.74, 6) is -0.00505. The highest BCUT2D eigenvalue weighted by Crippen LogP contribution is 2.22. The number of carbonyl (C=O) groups excluding carboxylic acids is 1. The molecule has 0 bridgehead atoms. The Hall–Kier alpha value is -1.40. The van der Waals surface area contributed by atoms with Crippen LogP contribution in [-0.4, -0.2) is 46.2 Å². The lowest BCUT2D eigenvalue weighted by molar-refractivity contribution is 0.0669. The predicted molar refractivity (Wildman–Crippen MR) is 81.8 cm³/mol. The van der Waals surface area contributed by atoms with Gasteiger partial charge in [-0.2, -0.15) is 5.10 Å². The molecule has 1 aliphatic rings. The Bertz CT molecular complexity index is 644. The maximum atomic E-state index is 12.7. The first-order valence-electron chi connectivity index (χ1n) is 6.73. The molecule has 2 aromatic rings. The van der Waals surface area contributed by atoms with Crippen molar-refractivity contribution in [2.45, 2.75) is 25.9 Å². The van der Waals surface area contributed by atoms with Gasteiger partial charge in [-0.15, -0.1) is 0 Å². The number of aromatic nitrogens is 2.